The first-order valence-electron chi connectivity index (χ1n) is 10.4. The van der Waals surface area contributed by atoms with E-state index in [2.05, 4.69) is 12.1 Å². The Balaban J connectivity index is 1.35. The first-order chi connectivity index (χ1) is 14.5. The molecule has 0 N–H and O–H groups in total. The van der Waals surface area contributed by atoms with Crippen LogP contribution in [0.5, 0.6) is 5.75 Å². The fraction of sp³-hybridized carbons (Fsp3) is 0.417. The lowest BCUT2D eigenvalue weighted by molar-refractivity contribution is -0.140. The predicted molar refractivity (Wildman–Crippen MR) is 110 cm³/mol. The number of hydrogen-bond donors (Lipinski definition) is 0. The number of ether oxygens (including phenoxy) is 2. The Morgan fingerprint density at radius 1 is 1.10 bits per heavy atom. The third-order valence-electron chi connectivity index (χ3n) is 6.21. The molecule has 1 saturated heterocycles. The maximum atomic E-state index is 13.0. The van der Waals surface area contributed by atoms with E-state index in [0.717, 1.165) is 25.0 Å². The number of carbonyl (C=O) groups is 2. The van der Waals surface area contributed by atoms with Crippen molar-refractivity contribution in [3.63, 3.8) is 0 Å². The van der Waals surface area contributed by atoms with Crippen molar-refractivity contribution in [3.8, 4) is 5.75 Å². The Hall–Kier alpha value is -2.73. The molecule has 2 heterocycles. The predicted octanol–water partition coefficient (Wildman–Crippen LogP) is 3.89. The minimum absolute atomic E-state index is 0.0222. The Morgan fingerprint density at radius 2 is 1.83 bits per heavy atom. The van der Waals surface area contributed by atoms with Gasteiger partial charge in [-0.05, 0) is 66.8 Å². The van der Waals surface area contributed by atoms with E-state index in [9.17, 15) is 14.0 Å². The zero-order chi connectivity index (χ0) is 21.1. The molecule has 4 rings (SSSR count). The Bertz CT molecular complexity index is 933. The van der Waals surface area contributed by atoms with Crippen LogP contribution in [-0.4, -0.2) is 43.4 Å². The highest BCUT2D eigenvalue weighted by Gasteiger charge is 2.41. The molecule has 0 radical (unpaired) electrons. The highest BCUT2D eigenvalue weighted by Crippen LogP contribution is 2.42. The topological polar surface area (TPSA) is 55.8 Å². The SMILES string of the molecule is COc1ccc2c(c1)CCOC21CCN(C(=O)CCC(=O)c2ccc(F)cc2)CC1. The van der Waals surface area contributed by atoms with Crippen LogP contribution in [0.2, 0.25) is 0 Å². The minimum Gasteiger partial charge on any atom is -0.497 e. The van der Waals surface area contributed by atoms with E-state index in [0.29, 0.717) is 25.3 Å². The average Bonchev–Trinajstić information content (AvgIpc) is 2.78. The molecule has 0 unspecified atom stereocenters. The zero-order valence-corrected chi connectivity index (χ0v) is 17.2. The van der Waals surface area contributed by atoms with E-state index in [1.807, 2.05) is 11.0 Å². The summed E-state index contributed by atoms with van der Waals surface area (Å²) in [7, 11) is 1.67. The van der Waals surface area contributed by atoms with Gasteiger partial charge < -0.3 is 14.4 Å². The molecule has 2 aromatic rings. The summed E-state index contributed by atoms with van der Waals surface area (Å²) in [6.07, 6.45) is 2.64. The van der Waals surface area contributed by atoms with Crippen LogP contribution < -0.4 is 4.74 Å². The van der Waals surface area contributed by atoms with Gasteiger partial charge in [0, 0.05) is 31.5 Å². The van der Waals surface area contributed by atoms with Crippen LogP contribution in [0.3, 0.4) is 0 Å². The summed E-state index contributed by atoms with van der Waals surface area (Å²) in [6.45, 7) is 1.88. The number of rotatable bonds is 5. The fourth-order valence-corrected chi connectivity index (χ4v) is 4.47. The molecule has 1 amide bonds. The first kappa shape index (κ1) is 20.5. The number of hydrogen-bond acceptors (Lipinski definition) is 4. The number of piperidine rings is 1. The molecule has 1 spiro atoms. The number of benzene rings is 2. The normalized spacial score (nSPS) is 17.5. The molecule has 5 nitrogen and oxygen atoms in total. The van der Waals surface area contributed by atoms with Crippen LogP contribution >= 0.6 is 0 Å². The number of Topliss-reactive ketones (excluding diaryl/α,β-unsaturated/α-hetero) is 1. The molecule has 0 saturated carbocycles. The van der Waals surface area contributed by atoms with Crippen molar-refractivity contribution in [2.24, 2.45) is 0 Å². The van der Waals surface area contributed by atoms with Gasteiger partial charge in [-0.25, -0.2) is 4.39 Å². The number of ketones is 1. The smallest absolute Gasteiger partial charge is 0.223 e. The van der Waals surface area contributed by atoms with Crippen molar-refractivity contribution in [1.29, 1.82) is 0 Å². The van der Waals surface area contributed by atoms with Gasteiger partial charge in [-0.2, -0.15) is 0 Å². The zero-order valence-electron chi connectivity index (χ0n) is 17.2. The first-order valence-corrected chi connectivity index (χ1v) is 10.4. The van der Waals surface area contributed by atoms with Gasteiger partial charge in [0.25, 0.3) is 0 Å². The molecule has 158 valence electrons. The van der Waals surface area contributed by atoms with Crippen molar-refractivity contribution in [2.75, 3.05) is 26.8 Å². The second-order valence-corrected chi connectivity index (χ2v) is 7.93. The molecule has 6 heteroatoms. The summed E-state index contributed by atoms with van der Waals surface area (Å²) in [6, 6.07) is 11.6. The molecule has 0 aromatic heterocycles. The summed E-state index contributed by atoms with van der Waals surface area (Å²) >= 11 is 0. The largest absolute Gasteiger partial charge is 0.497 e. The summed E-state index contributed by atoms with van der Waals surface area (Å²) in [5, 5.41) is 0. The van der Waals surface area contributed by atoms with Crippen molar-refractivity contribution in [1.82, 2.24) is 4.90 Å². The van der Waals surface area contributed by atoms with Gasteiger partial charge in [-0.1, -0.05) is 6.07 Å². The Morgan fingerprint density at radius 3 is 2.53 bits per heavy atom. The molecular formula is C24H26FNO4. The molecular weight excluding hydrogens is 385 g/mol. The van der Waals surface area contributed by atoms with Gasteiger partial charge in [0.05, 0.1) is 19.3 Å². The summed E-state index contributed by atoms with van der Waals surface area (Å²) < 4.78 is 24.6. The van der Waals surface area contributed by atoms with Crippen LogP contribution in [0.4, 0.5) is 4.39 Å². The molecule has 2 aromatic carbocycles. The van der Waals surface area contributed by atoms with Gasteiger partial charge in [-0.3, -0.25) is 9.59 Å². The maximum absolute atomic E-state index is 13.0. The van der Waals surface area contributed by atoms with Crippen LogP contribution in [0, 0.1) is 5.82 Å². The number of halogens is 1. The lowest BCUT2D eigenvalue weighted by Gasteiger charge is -2.45. The summed E-state index contributed by atoms with van der Waals surface area (Å²) in [4.78, 5) is 26.7. The number of carbonyl (C=O) groups excluding carboxylic acids is 2. The fourth-order valence-electron chi connectivity index (χ4n) is 4.47. The van der Waals surface area contributed by atoms with E-state index in [1.54, 1.807) is 7.11 Å². The van der Waals surface area contributed by atoms with Gasteiger partial charge >= 0.3 is 0 Å². The van der Waals surface area contributed by atoms with Crippen molar-refractivity contribution < 1.29 is 23.5 Å². The number of amides is 1. The Kier molecular flexibility index (Phi) is 5.86. The van der Waals surface area contributed by atoms with E-state index >= 15 is 0 Å². The number of likely N-dealkylation sites (tertiary alicyclic amines) is 1. The highest BCUT2D eigenvalue weighted by molar-refractivity contribution is 5.97. The Labute approximate surface area is 175 Å². The van der Waals surface area contributed by atoms with E-state index in [1.165, 1.54) is 35.4 Å². The van der Waals surface area contributed by atoms with Crippen LogP contribution in [0.25, 0.3) is 0 Å². The molecule has 0 aliphatic carbocycles. The van der Waals surface area contributed by atoms with Crippen molar-refractivity contribution >= 4 is 11.7 Å². The average molecular weight is 411 g/mol. The van der Waals surface area contributed by atoms with E-state index < -0.39 is 0 Å². The molecule has 2 aliphatic rings. The number of nitrogens with zero attached hydrogens (tertiary/aromatic N) is 1. The third-order valence-corrected chi connectivity index (χ3v) is 6.21. The second-order valence-electron chi connectivity index (χ2n) is 7.93. The van der Waals surface area contributed by atoms with Crippen LogP contribution in [-0.2, 0) is 21.6 Å². The van der Waals surface area contributed by atoms with Crippen molar-refractivity contribution in [3.05, 3.63) is 65.0 Å². The van der Waals surface area contributed by atoms with E-state index in [4.69, 9.17) is 9.47 Å². The lowest BCUT2D eigenvalue weighted by atomic mass is 9.79. The minimum atomic E-state index is -0.380. The third kappa shape index (κ3) is 4.10. The van der Waals surface area contributed by atoms with Crippen LogP contribution in [0.15, 0.2) is 42.5 Å². The van der Waals surface area contributed by atoms with Gasteiger partial charge in [0.2, 0.25) is 5.91 Å². The number of fused-ring (bicyclic) bond motifs is 2. The molecule has 1 fully saturated rings. The quantitative estimate of drug-likeness (QED) is 0.701. The molecule has 0 bridgehead atoms. The monoisotopic (exact) mass is 411 g/mol. The van der Waals surface area contributed by atoms with Gasteiger partial charge in [0.1, 0.15) is 11.6 Å². The second kappa shape index (κ2) is 8.56. The molecule has 2 aliphatic heterocycles. The van der Waals surface area contributed by atoms with Gasteiger partial charge in [-0.15, -0.1) is 0 Å². The van der Waals surface area contributed by atoms with Crippen LogP contribution in [0.1, 0.15) is 47.2 Å². The summed E-state index contributed by atoms with van der Waals surface area (Å²) in [5.41, 5.74) is 2.54. The standard InChI is InChI=1S/C24H26FNO4/c1-29-20-6-7-21-18(16-20)10-15-30-24(21)11-13-26(14-12-24)23(28)9-8-22(27)17-2-4-19(25)5-3-17/h2-7,16H,8-15H2,1H3. The molecule has 0 atom stereocenters. The van der Waals surface area contributed by atoms with E-state index in [-0.39, 0.29) is 36.0 Å². The lowest BCUT2D eigenvalue weighted by Crippen LogP contribution is -2.48. The molecule has 30 heavy (non-hydrogen) atoms. The van der Waals surface area contributed by atoms with Crippen molar-refractivity contribution in [2.45, 2.75) is 37.7 Å². The summed E-state index contributed by atoms with van der Waals surface area (Å²) in [5.74, 6) is 0.306. The highest BCUT2D eigenvalue weighted by atomic mass is 19.1. The van der Waals surface area contributed by atoms with Gasteiger partial charge in [0.15, 0.2) is 5.78 Å². The maximum Gasteiger partial charge on any atom is 0.223 e. The number of methoxy groups -OCH3 is 1.